The number of hydrogen-bond acceptors (Lipinski definition) is 2. The maximum Gasteiger partial charge on any atom is 0.183 e. The Morgan fingerprint density at radius 2 is 1.89 bits per heavy atom. The molecule has 0 fully saturated rings. The van der Waals surface area contributed by atoms with Gasteiger partial charge in [0.2, 0.25) is 0 Å². The van der Waals surface area contributed by atoms with E-state index in [9.17, 15) is 9.90 Å². The largest absolute Gasteiger partial charge is 0.385 e. The third-order valence-electron chi connectivity index (χ3n) is 3.81. The van der Waals surface area contributed by atoms with Gasteiger partial charge in [0.15, 0.2) is 5.78 Å². The highest BCUT2D eigenvalue weighted by Gasteiger charge is 2.16. The molecule has 102 valence electrons. The topological polar surface area (TPSA) is 37.3 Å². The molecule has 0 heterocycles. The molecule has 2 heteroatoms. The quantitative estimate of drug-likeness (QED) is 0.883. The van der Waals surface area contributed by atoms with E-state index in [1.165, 1.54) is 5.56 Å². The van der Waals surface area contributed by atoms with Gasteiger partial charge in [-0.05, 0) is 43.2 Å². The standard InChI is InChI=1S/C17H22O2/c18-16-11-5-4-9-15(10-6-12-17(16)19)13-14-7-2-1-3-8-14/h1-3,5,7-8,11,15,17,19H,4,6,9-10,12-13H2/b11-5+. The molecule has 0 saturated carbocycles. The van der Waals surface area contributed by atoms with Crippen LogP contribution < -0.4 is 0 Å². The van der Waals surface area contributed by atoms with Gasteiger partial charge in [0.25, 0.3) is 0 Å². The fourth-order valence-electron chi connectivity index (χ4n) is 2.68. The Balaban J connectivity index is 1.94. The van der Waals surface area contributed by atoms with E-state index in [-0.39, 0.29) is 5.78 Å². The van der Waals surface area contributed by atoms with Gasteiger partial charge in [0.05, 0.1) is 0 Å². The van der Waals surface area contributed by atoms with Gasteiger partial charge in [-0.2, -0.15) is 0 Å². The molecular formula is C17H22O2. The van der Waals surface area contributed by atoms with Crippen molar-refractivity contribution in [1.29, 1.82) is 0 Å². The molecule has 1 aliphatic rings. The van der Waals surface area contributed by atoms with E-state index in [0.717, 1.165) is 32.1 Å². The van der Waals surface area contributed by atoms with Gasteiger partial charge in [-0.25, -0.2) is 0 Å². The van der Waals surface area contributed by atoms with Crippen LogP contribution in [0.4, 0.5) is 0 Å². The SMILES string of the molecule is O=C1/C=C/CCC(Cc2ccccc2)CCCC1O. The Kier molecular flexibility index (Phi) is 5.34. The normalized spacial score (nSPS) is 26.9. The highest BCUT2D eigenvalue weighted by molar-refractivity contribution is 5.93. The van der Waals surface area contributed by atoms with Crippen molar-refractivity contribution in [3.63, 3.8) is 0 Å². The van der Waals surface area contributed by atoms with Crippen LogP contribution in [0.25, 0.3) is 0 Å². The average Bonchev–Trinajstić information content (AvgIpc) is 2.43. The summed E-state index contributed by atoms with van der Waals surface area (Å²) >= 11 is 0. The molecule has 19 heavy (non-hydrogen) atoms. The van der Waals surface area contributed by atoms with Crippen molar-refractivity contribution >= 4 is 5.78 Å². The summed E-state index contributed by atoms with van der Waals surface area (Å²) in [6.45, 7) is 0. The van der Waals surface area contributed by atoms with Gasteiger partial charge >= 0.3 is 0 Å². The number of aliphatic hydroxyl groups is 1. The zero-order chi connectivity index (χ0) is 13.5. The fraction of sp³-hybridized carbons (Fsp3) is 0.471. The first-order valence-corrected chi connectivity index (χ1v) is 7.18. The number of carbonyl (C=O) groups excluding carboxylic acids is 1. The minimum atomic E-state index is -0.799. The van der Waals surface area contributed by atoms with Crippen LogP contribution in [0.2, 0.25) is 0 Å². The maximum atomic E-state index is 11.5. The van der Waals surface area contributed by atoms with Crippen LogP contribution in [0.5, 0.6) is 0 Å². The molecule has 2 atom stereocenters. The van der Waals surface area contributed by atoms with Gasteiger partial charge in [-0.3, -0.25) is 4.79 Å². The van der Waals surface area contributed by atoms with E-state index in [4.69, 9.17) is 0 Å². The van der Waals surface area contributed by atoms with Crippen LogP contribution in [-0.4, -0.2) is 17.0 Å². The highest BCUT2D eigenvalue weighted by Crippen LogP contribution is 2.22. The van der Waals surface area contributed by atoms with Crippen molar-refractivity contribution in [1.82, 2.24) is 0 Å². The first-order valence-electron chi connectivity index (χ1n) is 7.18. The van der Waals surface area contributed by atoms with Gasteiger partial charge < -0.3 is 5.11 Å². The van der Waals surface area contributed by atoms with E-state index >= 15 is 0 Å². The second kappa shape index (κ2) is 7.25. The Bertz CT molecular complexity index is 422. The molecule has 2 rings (SSSR count). The molecule has 2 unspecified atom stereocenters. The number of ketones is 1. The molecule has 2 nitrogen and oxygen atoms in total. The number of hydrogen-bond donors (Lipinski definition) is 1. The average molecular weight is 258 g/mol. The summed E-state index contributed by atoms with van der Waals surface area (Å²) in [6, 6.07) is 10.6. The third kappa shape index (κ3) is 4.64. The molecule has 0 radical (unpaired) electrons. The summed E-state index contributed by atoms with van der Waals surface area (Å²) in [5, 5.41) is 9.67. The number of rotatable bonds is 2. The molecule has 0 saturated heterocycles. The van der Waals surface area contributed by atoms with Gasteiger partial charge in [0, 0.05) is 0 Å². The molecule has 0 bridgehead atoms. The fourth-order valence-corrected chi connectivity index (χ4v) is 2.68. The first kappa shape index (κ1) is 14.0. The van der Waals surface area contributed by atoms with Crippen LogP contribution in [0.3, 0.4) is 0 Å². The Hall–Kier alpha value is -1.41. The van der Waals surface area contributed by atoms with Crippen molar-refractivity contribution in [3.8, 4) is 0 Å². The van der Waals surface area contributed by atoms with E-state index in [1.807, 2.05) is 12.1 Å². The lowest BCUT2D eigenvalue weighted by molar-refractivity contribution is -0.122. The molecule has 0 aromatic heterocycles. The minimum absolute atomic E-state index is 0.137. The number of aliphatic hydroxyl groups excluding tert-OH is 1. The van der Waals surface area contributed by atoms with Crippen molar-refractivity contribution in [2.75, 3.05) is 0 Å². The van der Waals surface area contributed by atoms with Crippen LogP contribution in [0.1, 0.15) is 37.7 Å². The van der Waals surface area contributed by atoms with Crippen LogP contribution in [-0.2, 0) is 11.2 Å². The lowest BCUT2D eigenvalue weighted by atomic mass is 9.88. The minimum Gasteiger partial charge on any atom is -0.385 e. The summed E-state index contributed by atoms with van der Waals surface area (Å²) in [4.78, 5) is 11.5. The predicted octanol–water partition coefficient (Wildman–Crippen LogP) is 3.30. The summed E-state index contributed by atoms with van der Waals surface area (Å²) < 4.78 is 0. The van der Waals surface area contributed by atoms with Crippen molar-refractivity contribution in [2.24, 2.45) is 5.92 Å². The molecule has 0 amide bonds. The Labute approximate surface area is 115 Å². The molecule has 0 spiro atoms. The molecular weight excluding hydrogens is 236 g/mol. The van der Waals surface area contributed by atoms with Crippen molar-refractivity contribution in [3.05, 3.63) is 48.0 Å². The highest BCUT2D eigenvalue weighted by atomic mass is 16.3. The molecule has 0 aliphatic heterocycles. The number of benzene rings is 1. The van der Waals surface area contributed by atoms with Crippen molar-refractivity contribution < 1.29 is 9.90 Å². The number of carbonyl (C=O) groups is 1. The number of allylic oxidation sites excluding steroid dienone is 1. The summed E-state index contributed by atoms with van der Waals surface area (Å²) in [5.74, 6) is 0.508. The monoisotopic (exact) mass is 258 g/mol. The zero-order valence-electron chi connectivity index (χ0n) is 11.3. The summed E-state index contributed by atoms with van der Waals surface area (Å²) in [7, 11) is 0. The first-order chi connectivity index (χ1) is 9.25. The molecule has 1 aromatic carbocycles. The smallest absolute Gasteiger partial charge is 0.183 e. The van der Waals surface area contributed by atoms with E-state index in [0.29, 0.717) is 12.3 Å². The van der Waals surface area contributed by atoms with Crippen LogP contribution >= 0.6 is 0 Å². The van der Waals surface area contributed by atoms with Gasteiger partial charge in [-0.1, -0.05) is 49.2 Å². The van der Waals surface area contributed by atoms with Gasteiger partial charge in [-0.15, -0.1) is 0 Å². The van der Waals surface area contributed by atoms with E-state index < -0.39 is 6.10 Å². The second-order valence-corrected chi connectivity index (χ2v) is 5.38. The van der Waals surface area contributed by atoms with Crippen molar-refractivity contribution in [2.45, 2.75) is 44.6 Å². The summed E-state index contributed by atoms with van der Waals surface area (Å²) in [5.41, 5.74) is 1.38. The van der Waals surface area contributed by atoms with Crippen LogP contribution in [0, 0.1) is 5.92 Å². The Morgan fingerprint density at radius 3 is 2.68 bits per heavy atom. The lowest BCUT2D eigenvalue weighted by Gasteiger charge is -2.18. The Morgan fingerprint density at radius 1 is 1.11 bits per heavy atom. The lowest BCUT2D eigenvalue weighted by Crippen LogP contribution is -2.19. The van der Waals surface area contributed by atoms with E-state index in [1.54, 1.807) is 6.08 Å². The van der Waals surface area contributed by atoms with Gasteiger partial charge in [0.1, 0.15) is 6.10 Å². The van der Waals surface area contributed by atoms with Crippen LogP contribution in [0.15, 0.2) is 42.5 Å². The maximum absolute atomic E-state index is 11.5. The predicted molar refractivity (Wildman–Crippen MR) is 76.9 cm³/mol. The summed E-state index contributed by atoms with van der Waals surface area (Å²) in [6.07, 6.45) is 8.42. The molecule has 1 aromatic rings. The molecule has 1 N–H and O–H groups in total. The van der Waals surface area contributed by atoms with E-state index in [2.05, 4.69) is 24.3 Å². The molecule has 1 aliphatic carbocycles. The third-order valence-corrected chi connectivity index (χ3v) is 3.81. The second-order valence-electron chi connectivity index (χ2n) is 5.38. The zero-order valence-corrected chi connectivity index (χ0v) is 11.3.